The highest BCUT2D eigenvalue weighted by Crippen LogP contribution is 2.41. The van der Waals surface area contributed by atoms with Gasteiger partial charge in [-0.25, -0.2) is 0 Å². The van der Waals surface area contributed by atoms with E-state index in [1.54, 1.807) is 0 Å². The fraction of sp³-hybridized carbons (Fsp3) is 0.500. The van der Waals surface area contributed by atoms with Crippen LogP contribution in [0.3, 0.4) is 0 Å². The number of oxime groups is 1. The highest BCUT2D eigenvalue weighted by Gasteiger charge is 2.30. The minimum Gasteiger partial charge on any atom is -0.409 e. The number of hydrogen-bond acceptors (Lipinski definition) is 3. The van der Waals surface area contributed by atoms with Gasteiger partial charge in [0.25, 0.3) is 0 Å². The van der Waals surface area contributed by atoms with Gasteiger partial charge in [0, 0.05) is 17.2 Å². The minimum atomic E-state index is 0.176. The second-order valence-electron chi connectivity index (χ2n) is 4.47. The third kappa shape index (κ3) is 1.64. The van der Waals surface area contributed by atoms with E-state index >= 15 is 0 Å². The summed E-state index contributed by atoms with van der Waals surface area (Å²) in [5.41, 5.74) is 10.8. The van der Waals surface area contributed by atoms with Crippen LogP contribution in [0.4, 0.5) is 0 Å². The summed E-state index contributed by atoms with van der Waals surface area (Å²) in [5, 5.41) is 12.0. The van der Waals surface area contributed by atoms with Crippen molar-refractivity contribution in [2.45, 2.75) is 39.5 Å². The maximum Gasteiger partial charge on any atom is 0.172 e. The highest BCUT2D eigenvalue weighted by atomic mass is 16.4. The second-order valence-corrected chi connectivity index (χ2v) is 4.47. The molecule has 1 aromatic heterocycles. The van der Waals surface area contributed by atoms with Gasteiger partial charge in [-0.2, -0.15) is 0 Å². The number of aryl methyl sites for hydroxylation is 1. The summed E-state index contributed by atoms with van der Waals surface area (Å²) in [6, 6.07) is 0. The van der Waals surface area contributed by atoms with Crippen LogP contribution in [0.1, 0.15) is 46.8 Å². The van der Waals surface area contributed by atoms with Crippen molar-refractivity contribution in [1.29, 1.82) is 0 Å². The van der Waals surface area contributed by atoms with Gasteiger partial charge in [-0.1, -0.05) is 5.16 Å². The third-order valence-electron chi connectivity index (χ3n) is 3.35. The van der Waals surface area contributed by atoms with Crippen molar-refractivity contribution in [1.82, 2.24) is 4.98 Å². The van der Waals surface area contributed by atoms with Gasteiger partial charge in [0.15, 0.2) is 5.84 Å². The molecule has 0 unspecified atom stereocenters. The Morgan fingerprint density at radius 2 is 1.94 bits per heavy atom. The van der Waals surface area contributed by atoms with Gasteiger partial charge in [0.05, 0.1) is 5.69 Å². The van der Waals surface area contributed by atoms with E-state index in [0.717, 1.165) is 40.9 Å². The lowest BCUT2D eigenvalue weighted by Crippen LogP contribution is -2.19. The Kier molecular flexibility index (Phi) is 2.58. The summed E-state index contributed by atoms with van der Waals surface area (Å²) in [7, 11) is 0. The molecule has 0 spiro atoms. The van der Waals surface area contributed by atoms with Crippen LogP contribution in [0.5, 0.6) is 0 Å². The van der Waals surface area contributed by atoms with Crippen LogP contribution in [0.2, 0.25) is 0 Å². The van der Waals surface area contributed by atoms with E-state index in [2.05, 4.69) is 10.1 Å². The molecule has 2 rings (SSSR count). The Morgan fingerprint density at radius 3 is 2.44 bits per heavy atom. The van der Waals surface area contributed by atoms with Crippen LogP contribution in [-0.4, -0.2) is 16.0 Å². The van der Waals surface area contributed by atoms with Gasteiger partial charge >= 0.3 is 0 Å². The molecule has 1 fully saturated rings. The summed E-state index contributed by atoms with van der Waals surface area (Å²) in [6.07, 6.45) is 2.31. The number of amidine groups is 1. The molecule has 0 aromatic carbocycles. The quantitative estimate of drug-likeness (QED) is 0.346. The largest absolute Gasteiger partial charge is 0.409 e. The van der Waals surface area contributed by atoms with Gasteiger partial charge < -0.3 is 10.9 Å². The average molecular weight is 219 g/mol. The number of hydrogen-bond donors (Lipinski definition) is 2. The molecular weight excluding hydrogens is 202 g/mol. The van der Waals surface area contributed by atoms with Crippen LogP contribution >= 0.6 is 0 Å². The molecule has 4 nitrogen and oxygen atoms in total. The van der Waals surface area contributed by atoms with Crippen LogP contribution in [0.15, 0.2) is 5.16 Å². The topological polar surface area (TPSA) is 71.5 Å². The van der Waals surface area contributed by atoms with Crippen molar-refractivity contribution in [3.63, 3.8) is 0 Å². The lowest BCUT2D eigenvalue weighted by molar-refractivity contribution is 0.318. The van der Waals surface area contributed by atoms with E-state index in [-0.39, 0.29) is 5.84 Å². The van der Waals surface area contributed by atoms with E-state index in [4.69, 9.17) is 10.9 Å². The first-order valence-electron chi connectivity index (χ1n) is 5.51. The van der Waals surface area contributed by atoms with Gasteiger partial charge in [0.1, 0.15) is 0 Å². The van der Waals surface area contributed by atoms with Crippen molar-refractivity contribution in [3.8, 4) is 0 Å². The fourth-order valence-electron chi connectivity index (χ4n) is 2.00. The second kappa shape index (κ2) is 3.77. The molecular formula is C12H17N3O. The minimum absolute atomic E-state index is 0.176. The summed E-state index contributed by atoms with van der Waals surface area (Å²) in [5.74, 6) is 0.670. The van der Waals surface area contributed by atoms with E-state index in [0.29, 0.717) is 5.92 Å². The lowest BCUT2D eigenvalue weighted by Gasteiger charge is -2.14. The number of rotatable bonds is 2. The Morgan fingerprint density at radius 1 is 1.31 bits per heavy atom. The molecule has 4 heteroatoms. The van der Waals surface area contributed by atoms with E-state index in [1.807, 2.05) is 20.8 Å². The molecule has 1 aromatic rings. The van der Waals surface area contributed by atoms with Gasteiger partial charge in [0.2, 0.25) is 0 Å². The van der Waals surface area contributed by atoms with Gasteiger partial charge in [-0.3, -0.25) is 4.98 Å². The zero-order chi connectivity index (χ0) is 11.9. The molecule has 0 atom stereocenters. The van der Waals surface area contributed by atoms with E-state index < -0.39 is 0 Å². The molecule has 16 heavy (non-hydrogen) atoms. The lowest BCUT2D eigenvalue weighted by atomic mass is 9.98. The molecule has 0 saturated heterocycles. The zero-order valence-electron chi connectivity index (χ0n) is 9.91. The zero-order valence-corrected chi connectivity index (χ0v) is 9.91. The Labute approximate surface area is 95.2 Å². The molecule has 0 radical (unpaired) electrons. The summed E-state index contributed by atoms with van der Waals surface area (Å²) in [4.78, 5) is 4.59. The monoisotopic (exact) mass is 219 g/mol. The summed E-state index contributed by atoms with van der Waals surface area (Å²) >= 11 is 0. The first kappa shape index (κ1) is 10.9. The van der Waals surface area contributed by atoms with E-state index in [9.17, 15) is 0 Å². The highest BCUT2D eigenvalue weighted by molar-refractivity contribution is 6.00. The standard InChI is InChI=1S/C12H17N3O/c1-6-7(2)10(12(13)15-16)11(9-4-5-9)14-8(6)3/h9,16H,4-5H2,1-3H3,(H2,13,15). The molecule has 1 heterocycles. The molecule has 1 saturated carbocycles. The Hall–Kier alpha value is -1.58. The van der Waals surface area contributed by atoms with Gasteiger partial charge in [-0.15, -0.1) is 0 Å². The van der Waals surface area contributed by atoms with Gasteiger partial charge in [-0.05, 0) is 44.7 Å². The van der Waals surface area contributed by atoms with Crippen molar-refractivity contribution in [3.05, 3.63) is 28.1 Å². The number of nitrogens with two attached hydrogens (primary N) is 1. The maximum atomic E-state index is 8.83. The van der Waals surface area contributed by atoms with Crippen molar-refractivity contribution >= 4 is 5.84 Å². The number of aromatic nitrogens is 1. The summed E-state index contributed by atoms with van der Waals surface area (Å²) < 4.78 is 0. The van der Waals surface area contributed by atoms with Crippen molar-refractivity contribution in [2.75, 3.05) is 0 Å². The van der Waals surface area contributed by atoms with Crippen LogP contribution in [0, 0.1) is 20.8 Å². The predicted molar refractivity (Wildman–Crippen MR) is 62.9 cm³/mol. The first-order chi connectivity index (χ1) is 7.56. The van der Waals surface area contributed by atoms with Crippen LogP contribution in [0.25, 0.3) is 0 Å². The Balaban J connectivity index is 2.67. The first-order valence-corrected chi connectivity index (χ1v) is 5.51. The molecule has 1 aliphatic carbocycles. The molecule has 1 aliphatic rings. The molecule has 0 bridgehead atoms. The maximum absolute atomic E-state index is 8.83. The van der Waals surface area contributed by atoms with Crippen LogP contribution in [-0.2, 0) is 0 Å². The summed E-state index contributed by atoms with van der Waals surface area (Å²) in [6.45, 7) is 6.02. The number of pyridine rings is 1. The molecule has 0 aliphatic heterocycles. The fourth-order valence-corrected chi connectivity index (χ4v) is 2.00. The smallest absolute Gasteiger partial charge is 0.172 e. The third-order valence-corrected chi connectivity index (χ3v) is 3.35. The molecule has 3 N–H and O–H groups in total. The van der Waals surface area contributed by atoms with Crippen molar-refractivity contribution < 1.29 is 5.21 Å². The Bertz CT molecular complexity index is 462. The van der Waals surface area contributed by atoms with Crippen LogP contribution < -0.4 is 5.73 Å². The molecule has 86 valence electrons. The SMILES string of the molecule is Cc1nc(C2CC2)c(/C(N)=N/O)c(C)c1C. The normalized spacial score (nSPS) is 16.6. The molecule has 0 amide bonds. The average Bonchev–Trinajstić information content (AvgIpc) is 3.08. The number of nitrogens with zero attached hydrogens (tertiary/aromatic N) is 2. The van der Waals surface area contributed by atoms with Crippen molar-refractivity contribution in [2.24, 2.45) is 10.9 Å². The van der Waals surface area contributed by atoms with E-state index in [1.165, 1.54) is 0 Å². The predicted octanol–water partition coefficient (Wildman–Crippen LogP) is 1.98.